The van der Waals surface area contributed by atoms with E-state index < -0.39 is 0 Å². The maximum Gasteiger partial charge on any atom is 0.338 e. The minimum Gasteiger partial charge on any atom is -0.465 e. The number of carbonyl (C=O) groups is 1. The number of nitrogens with zero attached hydrogens (tertiary/aromatic N) is 1. The highest BCUT2D eigenvalue weighted by Gasteiger charge is 2.28. The van der Waals surface area contributed by atoms with Crippen molar-refractivity contribution in [2.75, 3.05) is 19.0 Å². The second-order valence-corrected chi connectivity index (χ2v) is 4.30. The van der Waals surface area contributed by atoms with Gasteiger partial charge in [0.2, 0.25) is 0 Å². The smallest absolute Gasteiger partial charge is 0.338 e. The van der Waals surface area contributed by atoms with Gasteiger partial charge in [0.1, 0.15) is 5.82 Å². The van der Waals surface area contributed by atoms with E-state index >= 15 is 0 Å². The second-order valence-electron chi connectivity index (χ2n) is 4.30. The standard InChI is InChI=1S/C12H17N3O2/c1-17-12(16)9-4-5-14-11(6-9)15-7-10(13)8-2-3-8/h4-6,8,10H,2-3,7,13H2,1H3,(H,14,15). The van der Waals surface area contributed by atoms with E-state index in [1.807, 2.05) is 0 Å². The summed E-state index contributed by atoms with van der Waals surface area (Å²) in [4.78, 5) is 15.5. The number of hydrogen-bond donors (Lipinski definition) is 2. The van der Waals surface area contributed by atoms with Crippen LogP contribution in [0.2, 0.25) is 0 Å². The van der Waals surface area contributed by atoms with Crippen LogP contribution in [0.4, 0.5) is 5.82 Å². The average molecular weight is 235 g/mol. The molecule has 1 fully saturated rings. The molecule has 1 unspecified atom stereocenters. The molecule has 5 nitrogen and oxygen atoms in total. The van der Waals surface area contributed by atoms with Crippen molar-refractivity contribution in [3.05, 3.63) is 23.9 Å². The molecule has 1 aromatic heterocycles. The van der Waals surface area contributed by atoms with Crippen LogP contribution in [0.25, 0.3) is 0 Å². The third-order valence-electron chi connectivity index (χ3n) is 2.93. The van der Waals surface area contributed by atoms with Gasteiger partial charge < -0.3 is 15.8 Å². The predicted molar refractivity (Wildman–Crippen MR) is 64.8 cm³/mol. The molecule has 0 aliphatic heterocycles. The molecule has 1 aliphatic carbocycles. The summed E-state index contributed by atoms with van der Waals surface area (Å²) in [7, 11) is 1.36. The molecule has 3 N–H and O–H groups in total. The molecular formula is C12H17N3O2. The molecule has 0 amide bonds. The third kappa shape index (κ3) is 3.17. The number of nitrogens with one attached hydrogen (secondary N) is 1. The molecule has 1 atom stereocenters. The van der Waals surface area contributed by atoms with Gasteiger partial charge in [-0.05, 0) is 30.9 Å². The largest absolute Gasteiger partial charge is 0.465 e. The van der Waals surface area contributed by atoms with Gasteiger partial charge in [0.15, 0.2) is 0 Å². The number of carbonyl (C=O) groups excluding carboxylic acids is 1. The molecule has 0 spiro atoms. The Labute approximate surface area is 100 Å². The number of anilines is 1. The summed E-state index contributed by atoms with van der Waals surface area (Å²) in [6, 6.07) is 3.46. The molecular weight excluding hydrogens is 218 g/mol. The van der Waals surface area contributed by atoms with Crippen molar-refractivity contribution >= 4 is 11.8 Å². The molecule has 92 valence electrons. The van der Waals surface area contributed by atoms with Gasteiger partial charge in [-0.1, -0.05) is 0 Å². The van der Waals surface area contributed by atoms with Crippen LogP contribution in [0.1, 0.15) is 23.2 Å². The first-order valence-electron chi connectivity index (χ1n) is 5.74. The lowest BCUT2D eigenvalue weighted by Crippen LogP contribution is -2.31. The Balaban J connectivity index is 1.93. The van der Waals surface area contributed by atoms with Crippen molar-refractivity contribution in [3.63, 3.8) is 0 Å². The topological polar surface area (TPSA) is 77.2 Å². The van der Waals surface area contributed by atoms with Gasteiger partial charge in [0, 0.05) is 18.8 Å². The van der Waals surface area contributed by atoms with Crippen LogP contribution in [-0.2, 0) is 4.74 Å². The van der Waals surface area contributed by atoms with Gasteiger partial charge in [-0.15, -0.1) is 0 Å². The number of esters is 1. The Morgan fingerprint density at radius 3 is 3.12 bits per heavy atom. The van der Waals surface area contributed by atoms with Gasteiger partial charge in [-0.25, -0.2) is 9.78 Å². The van der Waals surface area contributed by atoms with E-state index in [0.717, 1.165) is 0 Å². The van der Waals surface area contributed by atoms with Crippen LogP contribution < -0.4 is 11.1 Å². The van der Waals surface area contributed by atoms with E-state index in [1.54, 1.807) is 18.3 Å². The number of rotatable bonds is 5. The molecule has 0 radical (unpaired) electrons. The summed E-state index contributed by atoms with van der Waals surface area (Å²) >= 11 is 0. The zero-order valence-electron chi connectivity index (χ0n) is 9.85. The zero-order valence-corrected chi connectivity index (χ0v) is 9.85. The van der Waals surface area contributed by atoms with E-state index in [0.29, 0.717) is 23.8 Å². The highest BCUT2D eigenvalue weighted by atomic mass is 16.5. The van der Waals surface area contributed by atoms with Crippen molar-refractivity contribution in [2.45, 2.75) is 18.9 Å². The lowest BCUT2D eigenvalue weighted by Gasteiger charge is -2.12. The van der Waals surface area contributed by atoms with Gasteiger partial charge in [-0.2, -0.15) is 0 Å². The SMILES string of the molecule is COC(=O)c1ccnc(NCC(N)C2CC2)c1. The molecule has 0 bridgehead atoms. The van der Waals surface area contributed by atoms with Gasteiger partial charge in [0.05, 0.1) is 12.7 Å². The molecule has 0 aromatic carbocycles. The van der Waals surface area contributed by atoms with E-state index in [-0.39, 0.29) is 12.0 Å². The van der Waals surface area contributed by atoms with Crippen molar-refractivity contribution in [1.82, 2.24) is 4.98 Å². The lowest BCUT2D eigenvalue weighted by molar-refractivity contribution is 0.0600. The molecule has 17 heavy (non-hydrogen) atoms. The van der Waals surface area contributed by atoms with Crippen molar-refractivity contribution in [3.8, 4) is 0 Å². The normalized spacial score (nSPS) is 16.4. The Bertz CT molecular complexity index is 404. The fourth-order valence-electron chi connectivity index (χ4n) is 1.69. The van der Waals surface area contributed by atoms with Crippen molar-refractivity contribution < 1.29 is 9.53 Å². The summed E-state index contributed by atoms with van der Waals surface area (Å²) in [6.07, 6.45) is 4.02. The predicted octanol–water partition coefficient (Wildman–Crippen LogP) is 1.02. The summed E-state index contributed by atoms with van der Waals surface area (Å²) < 4.78 is 4.65. The minimum absolute atomic E-state index is 0.165. The van der Waals surface area contributed by atoms with Crippen LogP contribution in [0.3, 0.4) is 0 Å². The molecule has 1 aliphatic rings. The second kappa shape index (κ2) is 5.14. The highest BCUT2D eigenvalue weighted by molar-refractivity contribution is 5.89. The first-order valence-corrected chi connectivity index (χ1v) is 5.74. The first kappa shape index (κ1) is 11.9. The fourth-order valence-corrected chi connectivity index (χ4v) is 1.69. The summed E-state index contributed by atoms with van der Waals surface area (Å²) in [6.45, 7) is 0.683. The Hall–Kier alpha value is -1.62. The molecule has 1 heterocycles. The summed E-state index contributed by atoms with van der Waals surface area (Å²) in [5.74, 6) is 0.942. The summed E-state index contributed by atoms with van der Waals surface area (Å²) in [5.41, 5.74) is 6.46. The quantitative estimate of drug-likeness (QED) is 0.745. The molecule has 1 aromatic rings. The number of hydrogen-bond acceptors (Lipinski definition) is 5. The summed E-state index contributed by atoms with van der Waals surface area (Å²) in [5, 5.41) is 3.14. The Morgan fingerprint density at radius 2 is 2.47 bits per heavy atom. The van der Waals surface area contributed by atoms with Gasteiger partial charge in [0.25, 0.3) is 0 Å². The van der Waals surface area contributed by atoms with Crippen LogP contribution in [0.5, 0.6) is 0 Å². The number of aromatic nitrogens is 1. The van der Waals surface area contributed by atoms with Crippen molar-refractivity contribution in [2.24, 2.45) is 11.7 Å². The zero-order chi connectivity index (χ0) is 12.3. The van der Waals surface area contributed by atoms with Crippen molar-refractivity contribution in [1.29, 1.82) is 0 Å². The number of pyridine rings is 1. The fraction of sp³-hybridized carbons (Fsp3) is 0.500. The molecule has 1 saturated carbocycles. The van der Waals surface area contributed by atoms with Gasteiger partial charge in [-0.3, -0.25) is 0 Å². The Morgan fingerprint density at radius 1 is 1.71 bits per heavy atom. The minimum atomic E-state index is -0.359. The monoisotopic (exact) mass is 235 g/mol. The van der Waals surface area contributed by atoms with Crippen LogP contribution in [-0.4, -0.2) is 30.6 Å². The maximum absolute atomic E-state index is 11.3. The molecule has 5 heteroatoms. The van der Waals surface area contributed by atoms with Crippen LogP contribution >= 0.6 is 0 Å². The molecule has 2 rings (SSSR count). The third-order valence-corrected chi connectivity index (χ3v) is 2.93. The molecule has 0 saturated heterocycles. The number of ether oxygens (including phenoxy) is 1. The lowest BCUT2D eigenvalue weighted by atomic mass is 10.2. The number of nitrogens with two attached hydrogens (primary N) is 1. The van der Waals surface area contributed by atoms with Crippen LogP contribution in [0.15, 0.2) is 18.3 Å². The van der Waals surface area contributed by atoms with E-state index in [9.17, 15) is 4.79 Å². The van der Waals surface area contributed by atoms with E-state index in [4.69, 9.17) is 5.73 Å². The van der Waals surface area contributed by atoms with Gasteiger partial charge >= 0.3 is 5.97 Å². The highest BCUT2D eigenvalue weighted by Crippen LogP contribution is 2.31. The maximum atomic E-state index is 11.3. The van der Waals surface area contributed by atoms with Crippen LogP contribution in [0, 0.1) is 5.92 Å². The number of methoxy groups -OCH3 is 1. The van der Waals surface area contributed by atoms with E-state index in [1.165, 1.54) is 20.0 Å². The first-order chi connectivity index (χ1) is 8.20. The van der Waals surface area contributed by atoms with E-state index in [2.05, 4.69) is 15.0 Å². The Kier molecular flexibility index (Phi) is 3.58. The average Bonchev–Trinajstić information content (AvgIpc) is 3.19.